The molecule has 0 saturated heterocycles. The summed E-state index contributed by atoms with van der Waals surface area (Å²) >= 11 is 1.65. The average Bonchev–Trinajstić information content (AvgIpc) is 3.32. The van der Waals surface area contributed by atoms with Crippen LogP contribution < -0.4 is 0 Å². The van der Waals surface area contributed by atoms with E-state index in [1.807, 2.05) is 52.4 Å². The summed E-state index contributed by atoms with van der Waals surface area (Å²) in [6.45, 7) is 6.50. The Balaban J connectivity index is 1.64. The van der Waals surface area contributed by atoms with Crippen LogP contribution in [0.1, 0.15) is 42.4 Å². The van der Waals surface area contributed by atoms with E-state index in [-0.39, 0.29) is 17.6 Å². The zero-order chi connectivity index (χ0) is 19.0. The van der Waals surface area contributed by atoms with Crippen molar-refractivity contribution in [3.63, 3.8) is 0 Å². The summed E-state index contributed by atoms with van der Waals surface area (Å²) in [5, 5.41) is 6.40. The number of carbonyl (C=O) groups is 1. The van der Waals surface area contributed by atoms with Gasteiger partial charge < -0.3 is 0 Å². The molecule has 4 rings (SSSR count). The van der Waals surface area contributed by atoms with Gasteiger partial charge in [-0.25, -0.2) is 9.50 Å². The Morgan fingerprint density at radius 3 is 2.56 bits per heavy atom. The summed E-state index contributed by atoms with van der Waals surface area (Å²) in [7, 11) is 0. The number of hydrogen-bond donors (Lipinski definition) is 0. The Kier molecular flexibility index (Phi) is 4.40. The van der Waals surface area contributed by atoms with Crippen molar-refractivity contribution in [2.75, 3.05) is 0 Å². The molecule has 4 aromatic rings. The van der Waals surface area contributed by atoms with E-state index in [0.29, 0.717) is 0 Å². The van der Waals surface area contributed by atoms with Crippen LogP contribution in [0.15, 0.2) is 60.1 Å². The summed E-state index contributed by atoms with van der Waals surface area (Å²) in [5.41, 5.74) is 4.49. The van der Waals surface area contributed by atoms with Gasteiger partial charge in [-0.1, -0.05) is 51.1 Å². The Hall–Kier alpha value is -2.79. The van der Waals surface area contributed by atoms with E-state index in [9.17, 15) is 4.79 Å². The second-order valence-corrected chi connectivity index (χ2v) is 8.59. The first kappa shape index (κ1) is 17.6. The van der Waals surface area contributed by atoms with Crippen molar-refractivity contribution >= 4 is 22.8 Å². The van der Waals surface area contributed by atoms with Crippen molar-refractivity contribution in [1.29, 1.82) is 0 Å². The van der Waals surface area contributed by atoms with Crippen LogP contribution in [-0.2, 0) is 11.8 Å². The molecule has 4 nitrogen and oxygen atoms in total. The lowest BCUT2D eigenvalue weighted by atomic mass is 9.86. The van der Waals surface area contributed by atoms with Crippen LogP contribution in [0.5, 0.6) is 0 Å². The molecule has 3 heterocycles. The second-order valence-electron chi connectivity index (χ2n) is 7.64. The van der Waals surface area contributed by atoms with Crippen LogP contribution in [0.25, 0.3) is 16.2 Å². The van der Waals surface area contributed by atoms with E-state index in [0.717, 1.165) is 27.5 Å². The maximum Gasteiger partial charge on any atom is 0.168 e. The molecular weight excluding hydrogens is 354 g/mol. The van der Waals surface area contributed by atoms with Gasteiger partial charge in [0, 0.05) is 11.6 Å². The number of fused-ring (bicyclic) bond motifs is 1. The highest BCUT2D eigenvalue weighted by atomic mass is 32.1. The monoisotopic (exact) mass is 375 g/mol. The minimum absolute atomic E-state index is 0.0731. The van der Waals surface area contributed by atoms with Gasteiger partial charge in [-0.15, -0.1) is 11.3 Å². The number of carbonyl (C=O) groups excluding carboxylic acids is 1. The Morgan fingerprint density at radius 2 is 1.89 bits per heavy atom. The molecule has 0 unspecified atom stereocenters. The van der Waals surface area contributed by atoms with E-state index in [4.69, 9.17) is 0 Å². The highest BCUT2D eigenvalue weighted by molar-refractivity contribution is 7.13. The van der Waals surface area contributed by atoms with Crippen LogP contribution in [-0.4, -0.2) is 20.4 Å². The number of thiophene rings is 1. The third kappa shape index (κ3) is 3.55. The summed E-state index contributed by atoms with van der Waals surface area (Å²) in [5.74, 6) is 0.0731. The topological polar surface area (TPSA) is 47.3 Å². The van der Waals surface area contributed by atoms with Crippen LogP contribution in [0.4, 0.5) is 0 Å². The van der Waals surface area contributed by atoms with E-state index in [2.05, 4.69) is 36.9 Å². The first-order valence-electron chi connectivity index (χ1n) is 8.93. The zero-order valence-electron chi connectivity index (χ0n) is 15.6. The molecule has 0 aliphatic carbocycles. The number of hydrogen-bond acceptors (Lipinski definition) is 4. The van der Waals surface area contributed by atoms with Crippen molar-refractivity contribution in [1.82, 2.24) is 14.6 Å². The molecule has 0 atom stereocenters. The third-order valence-corrected chi connectivity index (χ3v) is 5.49. The maximum absolute atomic E-state index is 12.8. The number of benzene rings is 1. The predicted octanol–water partition coefficient (Wildman–Crippen LogP) is 5.18. The molecule has 3 aromatic heterocycles. The lowest BCUT2D eigenvalue weighted by Crippen LogP contribution is -2.12. The summed E-state index contributed by atoms with van der Waals surface area (Å²) in [6.07, 6.45) is 2.01. The van der Waals surface area contributed by atoms with Gasteiger partial charge in [0.15, 0.2) is 11.4 Å². The van der Waals surface area contributed by atoms with Crippen molar-refractivity contribution in [2.45, 2.75) is 32.6 Å². The molecule has 0 spiro atoms. The van der Waals surface area contributed by atoms with Crippen LogP contribution in [0.2, 0.25) is 0 Å². The van der Waals surface area contributed by atoms with Gasteiger partial charge in [0.05, 0.1) is 28.9 Å². The van der Waals surface area contributed by atoms with Gasteiger partial charge in [-0.3, -0.25) is 4.79 Å². The minimum Gasteiger partial charge on any atom is -0.294 e. The minimum atomic E-state index is 0.0731. The number of Topliss-reactive ketones (excluding diaryl/α,β-unsaturated/α-hetero) is 1. The molecule has 0 radical (unpaired) electrons. The molecule has 0 N–H and O–H groups in total. The van der Waals surface area contributed by atoms with Crippen molar-refractivity contribution in [2.24, 2.45) is 0 Å². The highest BCUT2D eigenvalue weighted by Gasteiger charge is 2.16. The quantitative estimate of drug-likeness (QED) is 0.462. The molecule has 5 heteroatoms. The Labute approximate surface area is 162 Å². The fourth-order valence-electron chi connectivity index (χ4n) is 3.08. The molecule has 0 saturated carbocycles. The molecule has 0 amide bonds. The lowest BCUT2D eigenvalue weighted by Gasteiger charge is -2.19. The van der Waals surface area contributed by atoms with Crippen LogP contribution in [0.3, 0.4) is 0 Å². The molecule has 0 fully saturated rings. The van der Waals surface area contributed by atoms with E-state index >= 15 is 0 Å². The summed E-state index contributed by atoms with van der Waals surface area (Å²) in [6, 6.07) is 15.8. The average molecular weight is 375 g/mol. The van der Waals surface area contributed by atoms with Gasteiger partial charge in [-0.2, -0.15) is 5.10 Å². The first-order chi connectivity index (χ1) is 12.9. The standard InChI is InChI=1S/C22H21N3OS/c1-22(2,3)16-8-6-15(7-9-16)19(26)14-17-13-18(20-5-4-12-27-20)25-21(24-17)10-11-23-25/h4-13H,14H2,1-3H3. The number of nitrogens with zero attached hydrogens (tertiary/aromatic N) is 3. The third-order valence-electron chi connectivity index (χ3n) is 4.60. The Bertz CT molecular complexity index is 1090. The van der Waals surface area contributed by atoms with Crippen molar-refractivity contribution in [3.8, 4) is 10.6 Å². The van der Waals surface area contributed by atoms with Crippen LogP contribution in [0, 0.1) is 0 Å². The maximum atomic E-state index is 12.8. The largest absolute Gasteiger partial charge is 0.294 e. The van der Waals surface area contributed by atoms with Gasteiger partial charge in [0.2, 0.25) is 0 Å². The Morgan fingerprint density at radius 1 is 1.11 bits per heavy atom. The van der Waals surface area contributed by atoms with Crippen molar-refractivity contribution < 1.29 is 4.79 Å². The lowest BCUT2D eigenvalue weighted by molar-refractivity contribution is 0.0992. The van der Waals surface area contributed by atoms with E-state index in [1.165, 1.54) is 5.56 Å². The van der Waals surface area contributed by atoms with Gasteiger partial charge >= 0.3 is 0 Å². The fourth-order valence-corrected chi connectivity index (χ4v) is 3.81. The number of aromatic nitrogens is 3. The van der Waals surface area contributed by atoms with E-state index in [1.54, 1.807) is 17.5 Å². The number of rotatable bonds is 4. The molecule has 0 aliphatic rings. The SMILES string of the molecule is CC(C)(C)c1ccc(C(=O)Cc2cc(-c3cccs3)n3nccc3n2)cc1. The van der Waals surface area contributed by atoms with Crippen LogP contribution >= 0.6 is 11.3 Å². The van der Waals surface area contributed by atoms with Gasteiger partial charge in [0.1, 0.15) is 0 Å². The molecule has 136 valence electrons. The van der Waals surface area contributed by atoms with Gasteiger partial charge in [0.25, 0.3) is 0 Å². The predicted molar refractivity (Wildman–Crippen MR) is 109 cm³/mol. The van der Waals surface area contributed by atoms with Crippen molar-refractivity contribution in [3.05, 3.63) is 76.9 Å². The first-order valence-corrected chi connectivity index (χ1v) is 9.81. The molecule has 1 aromatic carbocycles. The molecular formula is C22H21N3OS. The van der Waals surface area contributed by atoms with E-state index < -0.39 is 0 Å². The zero-order valence-corrected chi connectivity index (χ0v) is 16.5. The molecule has 0 bridgehead atoms. The summed E-state index contributed by atoms with van der Waals surface area (Å²) < 4.78 is 1.82. The normalized spacial score (nSPS) is 11.8. The second kappa shape index (κ2) is 6.74. The highest BCUT2D eigenvalue weighted by Crippen LogP contribution is 2.26. The van der Waals surface area contributed by atoms with Gasteiger partial charge in [-0.05, 0) is 28.5 Å². The fraction of sp³-hybridized carbons (Fsp3) is 0.227. The number of ketones is 1. The molecule has 0 aliphatic heterocycles. The summed E-state index contributed by atoms with van der Waals surface area (Å²) in [4.78, 5) is 18.5. The smallest absolute Gasteiger partial charge is 0.168 e. The molecule has 27 heavy (non-hydrogen) atoms.